The molecule has 23 heavy (non-hydrogen) atoms. The number of halogens is 1. The SMILES string of the molecule is CCCCC(C)c1ccc(Oc2ccccc2S(=O)(=O)Cl)cc1. The fourth-order valence-electron chi connectivity index (χ4n) is 2.40. The maximum Gasteiger partial charge on any atom is 0.265 e. The van der Waals surface area contributed by atoms with Crippen LogP contribution in [0, 0.1) is 0 Å². The molecular weight excluding hydrogens is 332 g/mol. The molecule has 0 fully saturated rings. The highest BCUT2D eigenvalue weighted by Crippen LogP contribution is 2.31. The second-order valence-electron chi connectivity index (χ2n) is 5.60. The molecule has 0 bridgehead atoms. The lowest BCUT2D eigenvalue weighted by Crippen LogP contribution is -1.96. The molecule has 1 atom stereocenters. The van der Waals surface area contributed by atoms with Gasteiger partial charge in [0.15, 0.2) is 0 Å². The lowest BCUT2D eigenvalue weighted by atomic mass is 9.96. The van der Waals surface area contributed by atoms with E-state index in [4.69, 9.17) is 15.4 Å². The zero-order valence-corrected chi connectivity index (χ0v) is 14.9. The van der Waals surface area contributed by atoms with Gasteiger partial charge in [0.1, 0.15) is 16.4 Å². The number of benzene rings is 2. The molecule has 1 unspecified atom stereocenters. The minimum absolute atomic E-state index is 0.0259. The van der Waals surface area contributed by atoms with Gasteiger partial charge < -0.3 is 4.74 Å². The number of rotatable bonds is 7. The Morgan fingerprint density at radius 3 is 2.35 bits per heavy atom. The van der Waals surface area contributed by atoms with Crippen LogP contribution in [-0.2, 0) is 9.05 Å². The summed E-state index contributed by atoms with van der Waals surface area (Å²) in [5, 5.41) is 0. The Balaban J connectivity index is 2.16. The van der Waals surface area contributed by atoms with Gasteiger partial charge in [0.25, 0.3) is 9.05 Å². The van der Waals surface area contributed by atoms with Crippen molar-refractivity contribution in [1.29, 1.82) is 0 Å². The first kappa shape index (κ1) is 17.8. The average Bonchev–Trinajstić information content (AvgIpc) is 2.53. The summed E-state index contributed by atoms with van der Waals surface area (Å²) in [5.41, 5.74) is 1.25. The largest absolute Gasteiger partial charge is 0.456 e. The zero-order chi connectivity index (χ0) is 16.9. The maximum absolute atomic E-state index is 11.6. The molecule has 0 aliphatic rings. The Morgan fingerprint density at radius 2 is 1.74 bits per heavy atom. The second kappa shape index (κ2) is 7.84. The number of hydrogen-bond donors (Lipinski definition) is 0. The summed E-state index contributed by atoms with van der Waals surface area (Å²) in [7, 11) is 1.60. The third-order valence-corrected chi connectivity index (χ3v) is 5.14. The Morgan fingerprint density at radius 1 is 1.09 bits per heavy atom. The Kier molecular flexibility index (Phi) is 6.08. The van der Waals surface area contributed by atoms with E-state index >= 15 is 0 Å². The molecule has 2 rings (SSSR count). The van der Waals surface area contributed by atoms with E-state index in [1.165, 1.54) is 24.5 Å². The number of unbranched alkanes of at least 4 members (excludes halogenated alkanes) is 1. The standard InChI is InChI=1S/C18H21ClO3S/c1-3-4-7-14(2)15-10-12-16(13-11-15)22-17-8-5-6-9-18(17)23(19,20)21/h5-6,8-14H,3-4,7H2,1-2H3. The van der Waals surface area contributed by atoms with E-state index in [0.717, 1.165) is 6.42 Å². The molecule has 2 aromatic rings. The molecule has 0 heterocycles. The van der Waals surface area contributed by atoms with Crippen LogP contribution in [-0.4, -0.2) is 8.42 Å². The quantitative estimate of drug-likeness (QED) is 0.600. The summed E-state index contributed by atoms with van der Waals surface area (Å²) in [6.07, 6.45) is 3.56. The van der Waals surface area contributed by atoms with Crippen molar-refractivity contribution in [3.63, 3.8) is 0 Å². The van der Waals surface area contributed by atoms with Crippen LogP contribution >= 0.6 is 10.7 Å². The van der Waals surface area contributed by atoms with E-state index < -0.39 is 9.05 Å². The summed E-state index contributed by atoms with van der Waals surface area (Å²) < 4.78 is 28.8. The third-order valence-electron chi connectivity index (χ3n) is 3.78. The van der Waals surface area contributed by atoms with Gasteiger partial charge in [0.2, 0.25) is 0 Å². The predicted octanol–water partition coefficient (Wildman–Crippen LogP) is 5.70. The van der Waals surface area contributed by atoms with E-state index in [9.17, 15) is 8.42 Å². The molecule has 0 N–H and O–H groups in total. The summed E-state index contributed by atoms with van der Waals surface area (Å²) in [6.45, 7) is 4.40. The highest BCUT2D eigenvalue weighted by molar-refractivity contribution is 8.13. The first-order valence-corrected chi connectivity index (χ1v) is 10.0. The van der Waals surface area contributed by atoms with Crippen LogP contribution in [0.15, 0.2) is 53.4 Å². The van der Waals surface area contributed by atoms with Crippen LogP contribution < -0.4 is 4.74 Å². The van der Waals surface area contributed by atoms with Crippen molar-refractivity contribution in [2.24, 2.45) is 0 Å². The molecule has 0 radical (unpaired) electrons. The number of para-hydroxylation sites is 1. The highest BCUT2D eigenvalue weighted by atomic mass is 35.7. The van der Waals surface area contributed by atoms with Crippen molar-refractivity contribution < 1.29 is 13.2 Å². The first-order valence-electron chi connectivity index (χ1n) is 7.73. The highest BCUT2D eigenvalue weighted by Gasteiger charge is 2.16. The Labute approximate surface area is 142 Å². The maximum atomic E-state index is 11.6. The number of ether oxygens (including phenoxy) is 1. The molecule has 2 aromatic carbocycles. The van der Waals surface area contributed by atoms with E-state index in [-0.39, 0.29) is 10.6 Å². The third kappa shape index (κ3) is 4.98. The van der Waals surface area contributed by atoms with Gasteiger partial charge in [-0.15, -0.1) is 0 Å². The average molecular weight is 353 g/mol. The molecule has 0 aliphatic carbocycles. The smallest absolute Gasteiger partial charge is 0.265 e. The van der Waals surface area contributed by atoms with Crippen LogP contribution in [0.25, 0.3) is 0 Å². The van der Waals surface area contributed by atoms with E-state index in [1.54, 1.807) is 18.2 Å². The fraction of sp³-hybridized carbons (Fsp3) is 0.333. The van der Waals surface area contributed by atoms with Crippen LogP contribution in [0.3, 0.4) is 0 Å². The Bertz CT molecular complexity index is 739. The van der Waals surface area contributed by atoms with Gasteiger partial charge in [-0.2, -0.15) is 0 Å². The van der Waals surface area contributed by atoms with Gasteiger partial charge in [-0.3, -0.25) is 0 Å². The monoisotopic (exact) mass is 352 g/mol. The summed E-state index contributed by atoms with van der Waals surface area (Å²) in [4.78, 5) is -0.0259. The molecule has 3 nitrogen and oxygen atoms in total. The molecule has 0 aromatic heterocycles. The van der Waals surface area contributed by atoms with Crippen LogP contribution in [0.5, 0.6) is 11.5 Å². The molecule has 124 valence electrons. The van der Waals surface area contributed by atoms with Crippen molar-refractivity contribution in [1.82, 2.24) is 0 Å². The van der Waals surface area contributed by atoms with Crippen LogP contribution in [0.2, 0.25) is 0 Å². The van der Waals surface area contributed by atoms with Gasteiger partial charge in [0, 0.05) is 10.7 Å². The van der Waals surface area contributed by atoms with Gasteiger partial charge >= 0.3 is 0 Å². The summed E-state index contributed by atoms with van der Waals surface area (Å²) >= 11 is 0. The predicted molar refractivity (Wildman–Crippen MR) is 93.9 cm³/mol. The first-order chi connectivity index (χ1) is 10.9. The fourth-order valence-corrected chi connectivity index (χ4v) is 3.38. The normalized spacial score (nSPS) is 12.8. The van der Waals surface area contributed by atoms with Crippen molar-refractivity contribution in [2.75, 3.05) is 0 Å². The minimum atomic E-state index is -3.84. The molecule has 0 saturated heterocycles. The summed E-state index contributed by atoms with van der Waals surface area (Å²) in [6, 6.07) is 14.1. The topological polar surface area (TPSA) is 43.4 Å². The van der Waals surface area contributed by atoms with Crippen LogP contribution in [0.1, 0.15) is 44.6 Å². The van der Waals surface area contributed by atoms with Gasteiger partial charge in [-0.1, -0.05) is 51.0 Å². The molecule has 0 spiro atoms. The summed E-state index contributed by atoms with van der Waals surface area (Å²) in [5.74, 6) is 1.32. The van der Waals surface area contributed by atoms with Crippen molar-refractivity contribution in [3.8, 4) is 11.5 Å². The molecule has 0 saturated carbocycles. The van der Waals surface area contributed by atoms with Gasteiger partial charge in [0.05, 0.1) is 0 Å². The minimum Gasteiger partial charge on any atom is -0.456 e. The van der Waals surface area contributed by atoms with Crippen molar-refractivity contribution in [2.45, 2.75) is 43.9 Å². The van der Waals surface area contributed by atoms with Gasteiger partial charge in [-0.25, -0.2) is 8.42 Å². The lowest BCUT2D eigenvalue weighted by Gasteiger charge is -2.13. The van der Waals surface area contributed by atoms with E-state index in [1.807, 2.05) is 24.3 Å². The lowest BCUT2D eigenvalue weighted by molar-refractivity contribution is 0.468. The van der Waals surface area contributed by atoms with Crippen molar-refractivity contribution >= 4 is 19.7 Å². The molecular formula is C18H21ClO3S. The van der Waals surface area contributed by atoms with E-state index in [2.05, 4.69) is 13.8 Å². The second-order valence-corrected chi connectivity index (χ2v) is 8.13. The van der Waals surface area contributed by atoms with E-state index in [0.29, 0.717) is 11.7 Å². The van der Waals surface area contributed by atoms with Crippen LogP contribution in [0.4, 0.5) is 0 Å². The molecule has 0 amide bonds. The Hall–Kier alpha value is -1.52. The molecule has 5 heteroatoms. The zero-order valence-electron chi connectivity index (χ0n) is 13.3. The number of hydrogen-bond acceptors (Lipinski definition) is 3. The molecule has 0 aliphatic heterocycles. The van der Waals surface area contributed by atoms with Gasteiger partial charge in [-0.05, 0) is 42.2 Å². The van der Waals surface area contributed by atoms with Crippen molar-refractivity contribution in [3.05, 3.63) is 54.1 Å².